The number of nitrogen functional groups attached to an aromatic ring is 1. The number of amides is 2. The van der Waals surface area contributed by atoms with Crippen molar-refractivity contribution in [2.45, 2.75) is 6.54 Å². The first kappa shape index (κ1) is 22.0. The Labute approximate surface area is 179 Å². The Bertz CT molecular complexity index is 946. The van der Waals surface area contributed by atoms with Crippen LogP contribution in [0.25, 0.3) is 0 Å². The number of hydrogen-bond donors (Lipinski definition) is 2. The summed E-state index contributed by atoms with van der Waals surface area (Å²) in [4.78, 5) is 28.0. The minimum Gasteiger partial charge on any atom is -0.497 e. The molecule has 3 rings (SSSR count). The molecule has 9 nitrogen and oxygen atoms in total. The van der Waals surface area contributed by atoms with E-state index in [1.807, 2.05) is 12.1 Å². The summed E-state index contributed by atoms with van der Waals surface area (Å²) in [5, 5.41) is 9.12. The van der Waals surface area contributed by atoms with Gasteiger partial charge in [-0.05, 0) is 29.8 Å². The highest BCUT2D eigenvalue weighted by Gasteiger charge is 2.26. The second kappa shape index (κ2) is 9.41. The molecule has 0 bridgehead atoms. The summed E-state index contributed by atoms with van der Waals surface area (Å²) < 4.78 is 24.9. The van der Waals surface area contributed by atoms with Crippen LogP contribution in [0, 0.1) is 5.82 Å². The standard InChI is InChI=1S/C21H25FN4O5/c1-30-16-5-3-14(4-6-16)13-26(21(29)31-2)15-11-17(23)19(22)18(12-15)24-7-9-25(10-8-24)20(27)28/h3-6,11-12H,7-10,13,23H2,1-2H3,(H,27,28). The van der Waals surface area contributed by atoms with E-state index in [1.165, 1.54) is 29.0 Å². The number of ether oxygens (including phenoxy) is 2. The van der Waals surface area contributed by atoms with Gasteiger partial charge in [0, 0.05) is 26.2 Å². The SMILES string of the molecule is COC(=O)N(Cc1ccc(OC)cc1)c1cc(N)c(F)c(N2CCN(C(=O)O)CC2)c1. The topological polar surface area (TPSA) is 109 Å². The van der Waals surface area contributed by atoms with Crippen molar-refractivity contribution in [1.29, 1.82) is 0 Å². The highest BCUT2D eigenvalue weighted by atomic mass is 19.1. The Morgan fingerprint density at radius 3 is 2.32 bits per heavy atom. The number of carbonyl (C=O) groups excluding carboxylic acids is 1. The first-order valence-electron chi connectivity index (χ1n) is 9.64. The van der Waals surface area contributed by atoms with Gasteiger partial charge in [0.25, 0.3) is 0 Å². The van der Waals surface area contributed by atoms with Gasteiger partial charge in [0.1, 0.15) is 5.75 Å². The zero-order valence-electron chi connectivity index (χ0n) is 17.4. The van der Waals surface area contributed by atoms with Crippen LogP contribution in [0.3, 0.4) is 0 Å². The Morgan fingerprint density at radius 2 is 1.77 bits per heavy atom. The molecule has 0 radical (unpaired) electrons. The van der Waals surface area contributed by atoms with E-state index >= 15 is 0 Å². The van der Waals surface area contributed by atoms with Gasteiger partial charge in [0.05, 0.1) is 37.8 Å². The molecule has 0 aromatic heterocycles. The molecule has 3 N–H and O–H groups in total. The van der Waals surface area contributed by atoms with Crippen LogP contribution in [0.1, 0.15) is 5.56 Å². The zero-order chi connectivity index (χ0) is 22.5. The molecule has 166 valence electrons. The lowest BCUT2D eigenvalue weighted by Gasteiger charge is -2.35. The molecule has 1 aliphatic rings. The summed E-state index contributed by atoms with van der Waals surface area (Å²) in [6.45, 7) is 1.27. The third-order valence-electron chi connectivity index (χ3n) is 5.16. The molecule has 1 aliphatic heterocycles. The van der Waals surface area contributed by atoms with Crippen molar-refractivity contribution < 1.29 is 28.6 Å². The number of nitrogens with two attached hydrogens (primary N) is 1. The number of piperazine rings is 1. The summed E-state index contributed by atoms with van der Waals surface area (Å²) in [5.41, 5.74) is 7.19. The molecule has 10 heteroatoms. The third-order valence-corrected chi connectivity index (χ3v) is 5.16. The van der Waals surface area contributed by atoms with Crippen LogP contribution < -0.4 is 20.3 Å². The van der Waals surface area contributed by atoms with E-state index < -0.39 is 18.0 Å². The van der Waals surface area contributed by atoms with Crippen molar-refractivity contribution in [2.24, 2.45) is 0 Å². The maximum absolute atomic E-state index is 14.8. The van der Waals surface area contributed by atoms with E-state index in [2.05, 4.69) is 0 Å². The molecule has 2 amide bonds. The molecule has 0 aliphatic carbocycles. The zero-order valence-corrected chi connectivity index (χ0v) is 17.4. The lowest BCUT2D eigenvalue weighted by Crippen LogP contribution is -2.48. The van der Waals surface area contributed by atoms with E-state index in [9.17, 15) is 14.0 Å². The van der Waals surface area contributed by atoms with E-state index in [-0.39, 0.29) is 31.0 Å². The number of nitrogens with zero attached hydrogens (tertiary/aromatic N) is 3. The molecular formula is C21H25FN4O5. The molecule has 1 fully saturated rings. The van der Waals surface area contributed by atoms with E-state index in [1.54, 1.807) is 24.1 Å². The molecule has 2 aromatic carbocycles. The second-order valence-corrected chi connectivity index (χ2v) is 7.03. The maximum Gasteiger partial charge on any atom is 0.414 e. The van der Waals surface area contributed by atoms with Gasteiger partial charge in [0.15, 0.2) is 5.82 Å². The van der Waals surface area contributed by atoms with Gasteiger partial charge in [-0.1, -0.05) is 12.1 Å². The lowest BCUT2D eigenvalue weighted by atomic mass is 10.1. The smallest absolute Gasteiger partial charge is 0.414 e. The average molecular weight is 432 g/mol. The van der Waals surface area contributed by atoms with Crippen LogP contribution in [-0.4, -0.2) is 62.6 Å². The van der Waals surface area contributed by atoms with Crippen molar-refractivity contribution >= 4 is 29.2 Å². The molecule has 31 heavy (non-hydrogen) atoms. The van der Waals surface area contributed by atoms with Crippen LogP contribution >= 0.6 is 0 Å². The van der Waals surface area contributed by atoms with Crippen LogP contribution in [0.15, 0.2) is 36.4 Å². The lowest BCUT2D eigenvalue weighted by molar-refractivity contribution is 0.142. The average Bonchev–Trinajstić information content (AvgIpc) is 2.79. The number of halogens is 1. The van der Waals surface area contributed by atoms with Crippen molar-refractivity contribution in [3.63, 3.8) is 0 Å². The normalized spacial score (nSPS) is 13.6. The molecule has 0 saturated carbocycles. The molecule has 0 unspecified atom stereocenters. The Kier molecular flexibility index (Phi) is 6.68. The molecule has 1 saturated heterocycles. The molecule has 0 atom stereocenters. The van der Waals surface area contributed by atoms with E-state index in [4.69, 9.17) is 20.3 Å². The van der Waals surface area contributed by atoms with Crippen molar-refractivity contribution in [2.75, 3.05) is 55.9 Å². The quantitative estimate of drug-likeness (QED) is 0.699. The number of carboxylic acid groups (broad SMARTS) is 1. The van der Waals surface area contributed by atoms with Gasteiger partial charge < -0.3 is 30.1 Å². The maximum atomic E-state index is 14.8. The Morgan fingerprint density at radius 1 is 1.13 bits per heavy atom. The van der Waals surface area contributed by atoms with Crippen molar-refractivity contribution in [1.82, 2.24) is 4.90 Å². The third kappa shape index (κ3) is 4.90. The fraction of sp³-hybridized carbons (Fsp3) is 0.333. The van der Waals surface area contributed by atoms with Gasteiger partial charge in [-0.2, -0.15) is 0 Å². The Balaban J connectivity index is 1.90. The summed E-state index contributed by atoms with van der Waals surface area (Å²) >= 11 is 0. The fourth-order valence-corrected chi connectivity index (χ4v) is 3.43. The summed E-state index contributed by atoms with van der Waals surface area (Å²) in [6, 6.07) is 10.1. The number of hydrogen-bond acceptors (Lipinski definition) is 6. The number of benzene rings is 2. The molecule has 1 heterocycles. The highest BCUT2D eigenvalue weighted by molar-refractivity contribution is 5.89. The van der Waals surface area contributed by atoms with Crippen LogP contribution in [0.4, 0.5) is 31.0 Å². The van der Waals surface area contributed by atoms with Crippen molar-refractivity contribution in [3.05, 3.63) is 47.8 Å². The van der Waals surface area contributed by atoms with Crippen molar-refractivity contribution in [3.8, 4) is 5.75 Å². The van der Waals surface area contributed by atoms with Gasteiger partial charge in [-0.15, -0.1) is 0 Å². The number of methoxy groups -OCH3 is 2. The van der Waals surface area contributed by atoms with Gasteiger partial charge in [-0.25, -0.2) is 14.0 Å². The predicted octanol–water partition coefficient (Wildman–Crippen LogP) is 2.99. The predicted molar refractivity (Wildman–Crippen MR) is 114 cm³/mol. The Hall–Kier alpha value is -3.69. The minimum atomic E-state index is -1.01. The summed E-state index contributed by atoms with van der Waals surface area (Å²) in [7, 11) is 2.83. The van der Waals surface area contributed by atoms with E-state index in [0.717, 1.165) is 5.56 Å². The number of rotatable bonds is 5. The molecular weight excluding hydrogens is 407 g/mol. The first-order valence-corrected chi connectivity index (χ1v) is 9.64. The summed E-state index contributed by atoms with van der Waals surface area (Å²) in [6.07, 6.45) is -1.63. The molecule has 2 aromatic rings. The van der Waals surface area contributed by atoms with Crippen LogP contribution in [0.5, 0.6) is 5.75 Å². The fourth-order valence-electron chi connectivity index (χ4n) is 3.43. The molecule has 0 spiro atoms. The van der Waals surface area contributed by atoms with Gasteiger partial charge in [0.2, 0.25) is 0 Å². The van der Waals surface area contributed by atoms with Gasteiger partial charge in [-0.3, -0.25) is 4.90 Å². The summed E-state index contributed by atoms with van der Waals surface area (Å²) in [5.74, 6) is 0.0731. The first-order chi connectivity index (χ1) is 14.8. The largest absolute Gasteiger partial charge is 0.497 e. The second-order valence-electron chi connectivity index (χ2n) is 7.03. The number of anilines is 3. The van der Waals surface area contributed by atoms with Crippen LogP contribution in [-0.2, 0) is 11.3 Å². The monoisotopic (exact) mass is 432 g/mol. The minimum absolute atomic E-state index is 0.114. The van der Waals surface area contributed by atoms with Crippen LogP contribution in [0.2, 0.25) is 0 Å². The van der Waals surface area contributed by atoms with E-state index in [0.29, 0.717) is 24.5 Å². The highest BCUT2D eigenvalue weighted by Crippen LogP contribution is 2.32. The number of carbonyl (C=O) groups is 2. The van der Waals surface area contributed by atoms with Gasteiger partial charge >= 0.3 is 12.2 Å².